The van der Waals surface area contributed by atoms with Crippen molar-refractivity contribution in [1.29, 1.82) is 0 Å². The van der Waals surface area contributed by atoms with Gasteiger partial charge in [0, 0.05) is 22.9 Å². The van der Waals surface area contributed by atoms with Gasteiger partial charge in [-0.25, -0.2) is 0 Å². The van der Waals surface area contributed by atoms with E-state index in [1.807, 2.05) is 0 Å². The summed E-state index contributed by atoms with van der Waals surface area (Å²) in [5, 5.41) is 4.97. The first-order chi connectivity index (χ1) is 6.24. The fourth-order valence-corrected chi connectivity index (χ4v) is 3.12. The summed E-state index contributed by atoms with van der Waals surface area (Å²) < 4.78 is 0. The molecule has 1 aliphatic rings. The molecule has 1 rings (SSSR count). The quantitative estimate of drug-likeness (QED) is 0.763. The zero-order valence-electron chi connectivity index (χ0n) is 8.18. The Hall–Kier alpha value is 0.340. The van der Waals surface area contributed by atoms with Gasteiger partial charge in [-0.2, -0.15) is 11.8 Å². The summed E-state index contributed by atoms with van der Waals surface area (Å²) in [4.78, 5) is 0. The molecule has 13 heavy (non-hydrogen) atoms. The van der Waals surface area contributed by atoms with E-state index in [-0.39, 0.29) is 0 Å². The monoisotopic (exact) mass is 219 g/mol. The van der Waals surface area contributed by atoms with Crippen LogP contribution in [0.4, 0.5) is 0 Å². The minimum atomic E-state index is 0.653. The van der Waals surface area contributed by atoms with E-state index in [0.717, 1.165) is 11.8 Å². The highest BCUT2D eigenvalue weighted by molar-refractivity contribution is 7.99. The highest BCUT2D eigenvalue weighted by atomic mass is 35.5. The van der Waals surface area contributed by atoms with Crippen molar-refractivity contribution in [3.8, 4) is 0 Å². The Labute approximate surface area is 90.3 Å². The zero-order valence-corrected chi connectivity index (χ0v) is 9.76. The third kappa shape index (κ3) is 3.92. The smallest absolute Gasteiger partial charge is 0.0310 e. The number of halogens is 1. The van der Waals surface area contributed by atoms with Crippen LogP contribution in [0.25, 0.3) is 0 Å². The lowest BCUT2D eigenvalue weighted by molar-refractivity contribution is 0.563. The maximum Gasteiger partial charge on any atom is 0.0310 e. The van der Waals surface area contributed by atoms with Crippen LogP contribution in [0.1, 0.15) is 26.2 Å². The van der Waals surface area contributed by atoms with Gasteiger partial charge in [0.2, 0.25) is 0 Å². The molecule has 1 saturated carbocycles. The van der Waals surface area contributed by atoms with Crippen molar-refractivity contribution in [2.45, 2.75) is 37.5 Å². The van der Waals surface area contributed by atoms with Gasteiger partial charge in [-0.1, -0.05) is 31.5 Å². The van der Waals surface area contributed by atoms with E-state index in [4.69, 9.17) is 11.6 Å². The van der Waals surface area contributed by atoms with Gasteiger partial charge in [-0.3, -0.25) is 0 Å². The molecule has 1 nitrogen and oxygen atoms in total. The van der Waals surface area contributed by atoms with Gasteiger partial charge >= 0.3 is 0 Å². The summed E-state index contributed by atoms with van der Waals surface area (Å²) in [6, 6.07) is 0.653. The van der Waals surface area contributed by atoms with Crippen molar-refractivity contribution in [2.24, 2.45) is 0 Å². The SMILES string of the molecule is C=C(Cl)CNC1CCCC1SCC. The van der Waals surface area contributed by atoms with Crippen LogP contribution in [0.15, 0.2) is 11.6 Å². The van der Waals surface area contributed by atoms with Crippen LogP contribution in [-0.4, -0.2) is 23.6 Å². The second-order valence-electron chi connectivity index (χ2n) is 3.43. The standard InChI is InChI=1S/C10H18ClNS/c1-3-13-10-6-4-5-9(10)12-7-8(2)11/h9-10,12H,2-7H2,1H3. The molecule has 0 radical (unpaired) electrons. The Morgan fingerprint density at radius 3 is 3.00 bits per heavy atom. The zero-order chi connectivity index (χ0) is 9.68. The van der Waals surface area contributed by atoms with E-state index in [1.165, 1.54) is 25.0 Å². The Morgan fingerprint density at radius 2 is 2.38 bits per heavy atom. The normalized spacial score (nSPS) is 27.8. The molecule has 0 aliphatic heterocycles. The Balaban J connectivity index is 2.26. The molecule has 2 unspecified atom stereocenters. The molecule has 0 spiro atoms. The third-order valence-electron chi connectivity index (χ3n) is 2.39. The minimum Gasteiger partial charge on any atom is -0.308 e. The molecule has 0 aromatic rings. The topological polar surface area (TPSA) is 12.0 Å². The van der Waals surface area contributed by atoms with Crippen molar-refractivity contribution < 1.29 is 0 Å². The summed E-state index contributed by atoms with van der Waals surface area (Å²) in [5.41, 5.74) is 0. The predicted octanol–water partition coefficient (Wildman–Crippen LogP) is 3.00. The molecular weight excluding hydrogens is 202 g/mol. The van der Waals surface area contributed by atoms with Gasteiger partial charge in [0.15, 0.2) is 0 Å². The number of thioether (sulfide) groups is 1. The molecule has 0 saturated heterocycles. The van der Waals surface area contributed by atoms with E-state index in [1.54, 1.807) is 0 Å². The lowest BCUT2D eigenvalue weighted by Crippen LogP contribution is -2.34. The lowest BCUT2D eigenvalue weighted by atomic mass is 10.2. The van der Waals surface area contributed by atoms with Crippen LogP contribution >= 0.6 is 23.4 Å². The molecular formula is C10H18ClNS. The second kappa shape index (κ2) is 5.94. The summed E-state index contributed by atoms with van der Waals surface area (Å²) in [6.07, 6.45) is 4.00. The average molecular weight is 220 g/mol. The van der Waals surface area contributed by atoms with Crippen molar-refractivity contribution in [1.82, 2.24) is 5.32 Å². The fourth-order valence-electron chi connectivity index (χ4n) is 1.81. The molecule has 2 atom stereocenters. The Bertz CT molecular complexity index is 172. The van der Waals surface area contributed by atoms with Crippen molar-refractivity contribution in [3.63, 3.8) is 0 Å². The summed E-state index contributed by atoms with van der Waals surface area (Å²) >= 11 is 7.78. The largest absolute Gasteiger partial charge is 0.308 e. The molecule has 0 aromatic heterocycles. The first-order valence-electron chi connectivity index (χ1n) is 4.92. The van der Waals surface area contributed by atoms with Crippen LogP contribution in [0.2, 0.25) is 0 Å². The van der Waals surface area contributed by atoms with Crippen LogP contribution in [0.5, 0.6) is 0 Å². The van der Waals surface area contributed by atoms with Gasteiger partial charge in [0.1, 0.15) is 0 Å². The van der Waals surface area contributed by atoms with E-state index in [9.17, 15) is 0 Å². The lowest BCUT2D eigenvalue weighted by Gasteiger charge is -2.19. The molecule has 0 heterocycles. The van der Waals surface area contributed by atoms with Crippen LogP contribution in [-0.2, 0) is 0 Å². The molecule has 1 N–H and O–H groups in total. The van der Waals surface area contributed by atoms with Gasteiger partial charge in [0.05, 0.1) is 0 Å². The fraction of sp³-hybridized carbons (Fsp3) is 0.800. The third-order valence-corrected chi connectivity index (χ3v) is 3.85. The van der Waals surface area contributed by atoms with Crippen LogP contribution in [0, 0.1) is 0 Å². The summed E-state index contributed by atoms with van der Waals surface area (Å²) in [6.45, 7) is 6.66. The van der Waals surface area contributed by atoms with E-state index >= 15 is 0 Å². The Kier molecular flexibility index (Phi) is 5.22. The van der Waals surface area contributed by atoms with E-state index < -0.39 is 0 Å². The maximum atomic E-state index is 5.72. The molecule has 1 fully saturated rings. The highest BCUT2D eigenvalue weighted by Gasteiger charge is 2.26. The van der Waals surface area contributed by atoms with Gasteiger partial charge in [-0.05, 0) is 18.6 Å². The first-order valence-corrected chi connectivity index (χ1v) is 6.35. The summed E-state index contributed by atoms with van der Waals surface area (Å²) in [7, 11) is 0. The predicted molar refractivity (Wildman–Crippen MR) is 62.6 cm³/mol. The number of hydrogen-bond acceptors (Lipinski definition) is 2. The number of nitrogens with one attached hydrogen (secondary N) is 1. The van der Waals surface area contributed by atoms with Gasteiger partial charge in [-0.15, -0.1) is 0 Å². The highest BCUT2D eigenvalue weighted by Crippen LogP contribution is 2.29. The molecule has 76 valence electrons. The average Bonchev–Trinajstić information content (AvgIpc) is 2.49. The number of rotatable bonds is 5. The van der Waals surface area contributed by atoms with Crippen molar-refractivity contribution in [3.05, 3.63) is 11.6 Å². The van der Waals surface area contributed by atoms with Gasteiger partial charge < -0.3 is 5.32 Å². The molecule has 0 aromatic carbocycles. The van der Waals surface area contributed by atoms with E-state index in [0.29, 0.717) is 11.1 Å². The van der Waals surface area contributed by atoms with Gasteiger partial charge in [0.25, 0.3) is 0 Å². The van der Waals surface area contributed by atoms with Crippen molar-refractivity contribution in [2.75, 3.05) is 12.3 Å². The molecule has 0 amide bonds. The van der Waals surface area contributed by atoms with Crippen molar-refractivity contribution >= 4 is 23.4 Å². The molecule has 1 aliphatic carbocycles. The number of hydrogen-bond donors (Lipinski definition) is 1. The maximum absolute atomic E-state index is 5.72. The van der Waals surface area contributed by atoms with E-state index in [2.05, 4.69) is 30.6 Å². The van der Waals surface area contributed by atoms with Crippen LogP contribution in [0.3, 0.4) is 0 Å². The van der Waals surface area contributed by atoms with Crippen LogP contribution < -0.4 is 5.32 Å². The Morgan fingerprint density at radius 1 is 1.62 bits per heavy atom. The minimum absolute atomic E-state index is 0.653. The molecule has 0 bridgehead atoms. The second-order valence-corrected chi connectivity index (χ2v) is 5.48. The first kappa shape index (κ1) is 11.4. The summed E-state index contributed by atoms with van der Waals surface area (Å²) in [5.74, 6) is 1.21. The molecule has 3 heteroatoms.